The molecule has 0 bridgehead atoms. The fraction of sp³-hybridized carbons (Fsp3) is 0.208. The number of nitrogens with zero attached hydrogens (tertiary/aromatic N) is 3. The summed E-state index contributed by atoms with van der Waals surface area (Å²) in [7, 11) is 1.63. The number of methoxy groups -OCH3 is 1. The Morgan fingerprint density at radius 1 is 1.15 bits per heavy atom. The van der Waals surface area contributed by atoms with Crippen LogP contribution in [0, 0.1) is 0 Å². The lowest BCUT2D eigenvalue weighted by Gasteiger charge is -2.15. The van der Waals surface area contributed by atoms with Crippen LogP contribution < -0.4 is 10.1 Å². The molecule has 170 valence electrons. The van der Waals surface area contributed by atoms with Gasteiger partial charge in [-0.05, 0) is 55.0 Å². The number of thioether (sulfide) groups is 1. The van der Waals surface area contributed by atoms with Crippen LogP contribution >= 0.6 is 23.4 Å². The lowest BCUT2D eigenvalue weighted by molar-refractivity contribution is -0.119. The van der Waals surface area contributed by atoms with Crippen LogP contribution in [0.25, 0.3) is 11.4 Å². The van der Waals surface area contributed by atoms with E-state index in [1.807, 2.05) is 72.2 Å². The van der Waals surface area contributed by atoms with Crippen molar-refractivity contribution in [2.75, 3.05) is 12.9 Å². The molecule has 1 unspecified atom stereocenters. The van der Waals surface area contributed by atoms with E-state index in [9.17, 15) is 4.79 Å². The summed E-state index contributed by atoms with van der Waals surface area (Å²) < 4.78 is 12.7. The lowest BCUT2D eigenvalue weighted by atomic mass is 10.1. The average Bonchev–Trinajstić information content (AvgIpc) is 3.48. The molecule has 1 N–H and O–H groups in total. The predicted molar refractivity (Wildman–Crippen MR) is 129 cm³/mol. The van der Waals surface area contributed by atoms with Crippen molar-refractivity contribution in [3.8, 4) is 17.1 Å². The summed E-state index contributed by atoms with van der Waals surface area (Å²) in [6.45, 7) is 2.35. The first-order valence-electron chi connectivity index (χ1n) is 10.3. The number of aromatic nitrogens is 3. The topological polar surface area (TPSA) is 82.2 Å². The number of benzene rings is 2. The first kappa shape index (κ1) is 22.9. The second-order valence-electron chi connectivity index (χ2n) is 7.30. The Balaban J connectivity index is 1.50. The van der Waals surface area contributed by atoms with Crippen molar-refractivity contribution >= 4 is 29.3 Å². The maximum absolute atomic E-state index is 12.6. The van der Waals surface area contributed by atoms with E-state index in [-0.39, 0.29) is 17.7 Å². The van der Waals surface area contributed by atoms with Crippen molar-refractivity contribution in [3.05, 3.63) is 83.3 Å². The molecule has 0 aliphatic carbocycles. The number of carbonyl (C=O) groups excluding carboxylic acids is 1. The fourth-order valence-electron chi connectivity index (χ4n) is 3.37. The predicted octanol–water partition coefficient (Wildman–Crippen LogP) is 5.22. The molecule has 7 nitrogen and oxygen atoms in total. The van der Waals surface area contributed by atoms with Gasteiger partial charge in [0.25, 0.3) is 0 Å². The monoisotopic (exact) mass is 482 g/mol. The van der Waals surface area contributed by atoms with Gasteiger partial charge in [0, 0.05) is 10.6 Å². The Morgan fingerprint density at radius 3 is 2.64 bits per heavy atom. The van der Waals surface area contributed by atoms with Crippen molar-refractivity contribution in [2.24, 2.45) is 0 Å². The molecule has 1 atom stereocenters. The van der Waals surface area contributed by atoms with Crippen molar-refractivity contribution in [3.63, 3.8) is 0 Å². The molecule has 4 rings (SSSR count). The number of furan rings is 1. The number of nitrogens with one attached hydrogen (secondary N) is 1. The number of halogens is 1. The summed E-state index contributed by atoms with van der Waals surface area (Å²) in [5.74, 6) is 2.28. The molecule has 2 heterocycles. The Hall–Kier alpha value is -3.23. The van der Waals surface area contributed by atoms with Crippen molar-refractivity contribution in [1.82, 2.24) is 20.1 Å². The highest BCUT2D eigenvalue weighted by molar-refractivity contribution is 7.99. The zero-order valence-corrected chi connectivity index (χ0v) is 19.8. The van der Waals surface area contributed by atoms with Crippen LogP contribution in [-0.2, 0) is 11.3 Å². The van der Waals surface area contributed by atoms with Gasteiger partial charge in [-0.2, -0.15) is 0 Å². The van der Waals surface area contributed by atoms with Gasteiger partial charge in [-0.1, -0.05) is 41.6 Å². The van der Waals surface area contributed by atoms with Crippen molar-refractivity contribution in [2.45, 2.75) is 24.7 Å². The molecule has 4 aromatic rings. The van der Waals surface area contributed by atoms with Crippen LogP contribution in [0.4, 0.5) is 0 Å². The van der Waals surface area contributed by atoms with Gasteiger partial charge in [-0.3, -0.25) is 9.36 Å². The molecule has 0 fully saturated rings. The zero-order chi connectivity index (χ0) is 23.2. The number of carbonyl (C=O) groups is 1. The van der Waals surface area contributed by atoms with Gasteiger partial charge < -0.3 is 14.5 Å². The van der Waals surface area contributed by atoms with Gasteiger partial charge in [-0.15, -0.1) is 10.2 Å². The molecule has 0 aliphatic rings. The molecular weight excluding hydrogens is 460 g/mol. The molecule has 0 radical (unpaired) electrons. The highest BCUT2D eigenvalue weighted by Gasteiger charge is 2.18. The summed E-state index contributed by atoms with van der Waals surface area (Å²) in [4.78, 5) is 12.6. The average molecular weight is 483 g/mol. The summed E-state index contributed by atoms with van der Waals surface area (Å²) in [6.07, 6.45) is 1.63. The minimum atomic E-state index is -0.206. The number of hydrogen-bond acceptors (Lipinski definition) is 6. The lowest BCUT2D eigenvalue weighted by Crippen LogP contribution is -2.28. The molecule has 33 heavy (non-hydrogen) atoms. The molecule has 0 aliphatic heterocycles. The van der Waals surface area contributed by atoms with Crippen LogP contribution in [-0.4, -0.2) is 33.5 Å². The van der Waals surface area contributed by atoms with E-state index in [1.165, 1.54) is 11.8 Å². The highest BCUT2D eigenvalue weighted by Crippen LogP contribution is 2.27. The van der Waals surface area contributed by atoms with Gasteiger partial charge in [0.05, 0.1) is 31.7 Å². The summed E-state index contributed by atoms with van der Waals surface area (Å²) >= 11 is 7.57. The quantitative estimate of drug-likeness (QED) is 0.329. The SMILES string of the molecule is COc1ccc(-c2nnc(SCC(=O)NC(C)c3ccccc3Cl)n2Cc2ccco2)cc1. The van der Waals surface area contributed by atoms with E-state index in [4.69, 9.17) is 20.8 Å². The van der Waals surface area contributed by atoms with E-state index in [2.05, 4.69) is 15.5 Å². The second-order valence-corrected chi connectivity index (χ2v) is 8.65. The Kier molecular flexibility index (Phi) is 7.36. The van der Waals surface area contributed by atoms with E-state index in [1.54, 1.807) is 13.4 Å². The van der Waals surface area contributed by atoms with E-state index in [0.717, 1.165) is 22.6 Å². The Morgan fingerprint density at radius 2 is 1.94 bits per heavy atom. The summed E-state index contributed by atoms with van der Waals surface area (Å²) in [5, 5.41) is 13.0. The third-order valence-electron chi connectivity index (χ3n) is 5.04. The molecular formula is C24H23ClN4O3S. The smallest absolute Gasteiger partial charge is 0.230 e. The fourth-order valence-corrected chi connectivity index (χ4v) is 4.42. The van der Waals surface area contributed by atoms with Crippen LogP contribution in [0.1, 0.15) is 24.3 Å². The first-order chi connectivity index (χ1) is 16.0. The van der Waals surface area contributed by atoms with Crippen LogP contribution in [0.3, 0.4) is 0 Å². The van der Waals surface area contributed by atoms with E-state index >= 15 is 0 Å². The Labute approximate surface area is 201 Å². The van der Waals surface area contributed by atoms with Gasteiger partial charge in [0.1, 0.15) is 11.5 Å². The molecule has 2 aromatic carbocycles. The van der Waals surface area contributed by atoms with Crippen molar-refractivity contribution in [1.29, 1.82) is 0 Å². The standard InChI is InChI=1S/C24H23ClN4O3S/c1-16(20-7-3-4-8-21(20)25)26-22(30)15-33-24-28-27-23(17-9-11-18(31-2)12-10-17)29(24)14-19-6-5-13-32-19/h3-13,16H,14-15H2,1-2H3,(H,26,30). The van der Waals surface area contributed by atoms with E-state index in [0.29, 0.717) is 22.5 Å². The molecule has 0 saturated carbocycles. The Bertz CT molecular complexity index is 1210. The molecule has 2 aromatic heterocycles. The van der Waals surface area contributed by atoms with Gasteiger partial charge in [-0.25, -0.2) is 0 Å². The highest BCUT2D eigenvalue weighted by atomic mass is 35.5. The van der Waals surface area contributed by atoms with Crippen molar-refractivity contribution < 1.29 is 13.9 Å². The largest absolute Gasteiger partial charge is 0.497 e. The number of amides is 1. The van der Waals surface area contributed by atoms with Gasteiger partial charge in [0.15, 0.2) is 11.0 Å². The minimum Gasteiger partial charge on any atom is -0.497 e. The summed E-state index contributed by atoms with van der Waals surface area (Å²) in [6, 6.07) is 18.6. The maximum atomic E-state index is 12.6. The number of rotatable bonds is 9. The van der Waals surface area contributed by atoms with Gasteiger partial charge in [0.2, 0.25) is 5.91 Å². The third-order valence-corrected chi connectivity index (χ3v) is 6.35. The minimum absolute atomic E-state index is 0.119. The van der Waals surface area contributed by atoms with Crippen LogP contribution in [0.2, 0.25) is 5.02 Å². The number of hydrogen-bond donors (Lipinski definition) is 1. The van der Waals surface area contributed by atoms with Crippen LogP contribution in [0.15, 0.2) is 76.5 Å². The van der Waals surface area contributed by atoms with Crippen LogP contribution in [0.5, 0.6) is 5.75 Å². The van der Waals surface area contributed by atoms with Gasteiger partial charge >= 0.3 is 0 Å². The molecule has 1 amide bonds. The first-order valence-corrected chi connectivity index (χ1v) is 11.7. The normalized spacial score (nSPS) is 11.8. The molecule has 0 spiro atoms. The third kappa shape index (κ3) is 5.58. The summed E-state index contributed by atoms with van der Waals surface area (Å²) in [5.41, 5.74) is 1.76. The van der Waals surface area contributed by atoms with E-state index < -0.39 is 0 Å². The zero-order valence-electron chi connectivity index (χ0n) is 18.2. The number of ether oxygens (including phenoxy) is 1. The second kappa shape index (κ2) is 10.6. The maximum Gasteiger partial charge on any atom is 0.230 e. The molecule has 9 heteroatoms. The molecule has 0 saturated heterocycles.